The zero-order valence-electron chi connectivity index (χ0n) is 5.92. The van der Waals surface area contributed by atoms with Crippen LogP contribution in [0.5, 0.6) is 0 Å². The van der Waals surface area contributed by atoms with Gasteiger partial charge in [0.25, 0.3) is 0 Å². The second kappa shape index (κ2) is 6.51. The third-order valence-corrected chi connectivity index (χ3v) is 1.46. The van der Waals surface area contributed by atoms with Crippen molar-refractivity contribution in [1.29, 1.82) is 0 Å². The van der Waals surface area contributed by atoms with Gasteiger partial charge in [0.15, 0.2) is 0 Å². The van der Waals surface area contributed by atoms with Crippen LogP contribution in [0.25, 0.3) is 0 Å². The van der Waals surface area contributed by atoms with Gasteiger partial charge in [-0.1, -0.05) is 6.58 Å². The number of hydrogen-bond donors (Lipinski definition) is 0. The van der Waals surface area contributed by atoms with Gasteiger partial charge >= 0.3 is 5.97 Å². The van der Waals surface area contributed by atoms with Crippen molar-refractivity contribution in [3.63, 3.8) is 0 Å². The summed E-state index contributed by atoms with van der Waals surface area (Å²) in [4.78, 5) is 10.4. The highest BCUT2D eigenvalue weighted by Gasteiger charge is 1.94. The minimum atomic E-state index is -0.374. The summed E-state index contributed by atoms with van der Waals surface area (Å²) in [6.07, 6.45) is 1.15. The lowest BCUT2D eigenvalue weighted by Crippen LogP contribution is -2.04. The topological polar surface area (TPSA) is 35.5 Å². The first-order valence-corrected chi connectivity index (χ1v) is 3.98. The minimum absolute atomic E-state index is 0.374. The van der Waals surface area contributed by atoms with Gasteiger partial charge < -0.3 is 9.16 Å². The molecule has 2 radical (unpaired) electrons. The monoisotopic (exact) mass is 158 g/mol. The smallest absolute Gasteiger partial charge is 0.330 e. The summed E-state index contributed by atoms with van der Waals surface area (Å²) in [5.74, 6) is -0.374. The molecular formula is C6H10O3Si. The maximum atomic E-state index is 10.4. The molecule has 0 aromatic carbocycles. The molecule has 0 fully saturated rings. The number of carbonyl (C=O) groups excluding carboxylic acids is 1. The average Bonchev–Trinajstić information content (AvgIpc) is 1.98. The van der Waals surface area contributed by atoms with Crippen molar-refractivity contribution in [3.05, 3.63) is 12.7 Å². The Hall–Kier alpha value is -0.613. The lowest BCUT2D eigenvalue weighted by Gasteiger charge is -1.98. The fraction of sp³-hybridized carbons (Fsp3) is 0.500. The molecular weight excluding hydrogens is 148 g/mol. The average molecular weight is 158 g/mol. The van der Waals surface area contributed by atoms with E-state index in [2.05, 4.69) is 11.3 Å². The Balaban J connectivity index is 3.03. The number of hydrogen-bond acceptors (Lipinski definition) is 3. The Bertz CT molecular complexity index is 114. The molecule has 10 heavy (non-hydrogen) atoms. The molecule has 0 aliphatic heterocycles. The SMILES string of the molecule is C=CC(=O)OCC[Si]OC. The third-order valence-electron chi connectivity index (χ3n) is 0.759. The lowest BCUT2D eigenvalue weighted by molar-refractivity contribution is -0.137. The van der Waals surface area contributed by atoms with Gasteiger partial charge in [0, 0.05) is 13.2 Å². The van der Waals surface area contributed by atoms with E-state index in [0.29, 0.717) is 16.4 Å². The molecule has 0 spiro atoms. The van der Waals surface area contributed by atoms with Crippen molar-refractivity contribution in [3.8, 4) is 0 Å². The Kier molecular flexibility index (Phi) is 6.11. The normalized spacial score (nSPS) is 8.90. The largest absolute Gasteiger partial charge is 0.463 e. The van der Waals surface area contributed by atoms with Gasteiger partial charge in [-0.3, -0.25) is 0 Å². The molecule has 0 rings (SSSR count). The van der Waals surface area contributed by atoms with E-state index in [1.165, 1.54) is 0 Å². The molecule has 0 aromatic rings. The van der Waals surface area contributed by atoms with E-state index < -0.39 is 0 Å². The van der Waals surface area contributed by atoms with E-state index in [0.717, 1.165) is 12.1 Å². The standard InChI is InChI=1S/C6H10O3Si/c1-3-6(7)9-4-5-10-8-2/h3H,1,4-5H2,2H3. The van der Waals surface area contributed by atoms with Crippen LogP contribution in [0.3, 0.4) is 0 Å². The van der Waals surface area contributed by atoms with Gasteiger partial charge in [-0.15, -0.1) is 0 Å². The third kappa shape index (κ3) is 5.52. The zero-order chi connectivity index (χ0) is 7.82. The predicted molar refractivity (Wildman–Crippen MR) is 38.7 cm³/mol. The van der Waals surface area contributed by atoms with Crippen molar-refractivity contribution in [1.82, 2.24) is 0 Å². The molecule has 0 amide bonds. The summed E-state index contributed by atoms with van der Waals surface area (Å²) in [7, 11) is 2.02. The first kappa shape index (κ1) is 9.39. The maximum absolute atomic E-state index is 10.4. The molecule has 0 heterocycles. The first-order chi connectivity index (χ1) is 4.81. The Morgan fingerprint density at radius 1 is 1.80 bits per heavy atom. The summed E-state index contributed by atoms with van der Waals surface area (Å²) >= 11 is 0. The van der Waals surface area contributed by atoms with E-state index in [9.17, 15) is 4.79 Å². The number of ether oxygens (including phenoxy) is 1. The molecule has 3 nitrogen and oxygen atoms in total. The van der Waals surface area contributed by atoms with E-state index in [1.54, 1.807) is 7.11 Å². The second-order valence-corrected chi connectivity index (χ2v) is 2.67. The van der Waals surface area contributed by atoms with Crippen LogP contribution in [0.2, 0.25) is 6.04 Å². The number of esters is 1. The molecule has 0 saturated heterocycles. The van der Waals surface area contributed by atoms with Crippen LogP contribution in [0.1, 0.15) is 0 Å². The molecule has 0 aliphatic rings. The number of carbonyl (C=O) groups is 1. The van der Waals surface area contributed by atoms with Gasteiger partial charge in [-0.25, -0.2) is 4.79 Å². The highest BCUT2D eigenvalue weighted by molar-refractivity contribution is 6.27. The van der Waals surface area contributed by atoms with Gasteiger partial charge in [-0.2, -0.15) is 0 Å². The van der Waals surface area contributed by atoms with Crippen LogP contribution in [0.15, 0.2) is 12.7 Å². The van der Waals surface area contributed by atoms with Crippen LogP contribution in [-0.4, -0.2) is 29.4 Å². The Labute approximate surface area is 63.0 Å². The molecule has 56 valence electrons. The van der Waals surface area contributed by atoms with E-state index >= 15 is 0 Å². The highest BCUT2D eigenvalue weighted by Crippen LogP contribution is 1.84. The molecule has 0 atom stereocenters. The van der Waals surface area contributed by atoms with Gasteiger partial charge in [0.1, 0.15) is 0 Å². The second-order valence-electron chi connectivity index (χ2n) is 1.47. The quantitative estimate of drug-likeness (QED) is 0.251. The minimum Gasteiger partial charge on any atom is -0.463 e. The van der Waals surface area contributed by atoms with Crippen LogP contribution in [-0.2, 0) is 14.0 Å². The number of rotatable bonds is 5. The Morgan fingerprint density at radius 3 is 3.00 bits per heavy atom. The van der Waals surface area contributed by atoms with Crippen LogP contribution in [0.4, 0.5) is 0 Å². The van der Waals surface area contributed by atoms with Gasteiger partial charge in [0.2, 0.25) is 9.76 Å². The van der Waals surface area contributed by atoms with E-state index in [1.807, 2.05) is 0 Å². The molecule has 0 N–H and O–H groups in total. The van der Waals surface area contributed by atoms with Crippen molar-refractivity contribution >= 4 is 15.7 Å². The summed E-state index contributed by atoms with van der Waals surface area (Å²) in [6, 6.07) is 0.760. The van der Waals surface area contributed by atoms with E-state index in [-0.39, 0.29) is 5.97 Å². The van der Waals surface area contributed by atoms with Crippen molar-refractivity contribution < 1.29 is 14.0 Å². The van der Waals surface area contributed by atoms with Gasteiger partial charge in [-0.05, 0) is 6.04 Å². The van der Waals surface area contributed by atoms with Crippen LogP contribution in [0, 0.1) is 0 Å². The summed E-state index contributed by atoms with van der Waals surface area (Å²) in [6.45, 7) is 3.67. The van der Waals surface area contributed by atoms with Crippen molar-refractivity contribution in [2.45, 2.75) is 6.04 Å². The summed E-state index contributed by atoms with van der Waals surface area (Å²) < 4.78 is 9.43. The molecule has 0 saturated carbocycles. The lowest BCUT2D eigenvalue weighted by atomic mass is 10.6. The predicted octanol–water partition coefficient (Wildman–Crippen LogP) is 0.399. The zero-order valence-corrected chi connectivity index (χ0v) is 6.92. The van der Waals surface area contributed by atoms with Crippen LogP contribution >= 0.6 is 0 Å². The Morgan fingerprint density at radius 2 is 2.50 bits per heavy atom. The first-order valence-electron chi connectivity index (χ1n) is 2.86. The highest BCUT2D eigenvalue weighted by atomic mass is 28.2. The van der Waals surface area contributed by atoms with Crippen molar-refractivity contribution in [2.75, 3.05) is 13.7 Å². The molecule has 0 unspecified atom stereocenters. The molecule has 0 bridgehead atoms. The molecule has 0 aliphatic carbocycles. The van der Waals surface area contributed by atoms with Gasteiger partial charge in [0.05, 0.1) is 6.61 Å². The van der Waals surface area contributed by atoms with E-state index in [4.69, 9.17) is 4.43 Å². The summed E-state index contributed by atoms with van der Waals surface area (Å²) in [5.41, 5.74) is 0. The summed E-state index contributed by atoms with van der Waals surface area (Å²) in [5, 5.41) is 0. The van der Waals surface area contributed by atoms with Crippen molar-refractivity contribution in [2.24, 2.45) is 0 Å². The van der Waals surface area contributed by atoms with Crippen LogP contribution < -0.4 is 0 Å². The molecule has 4 heteroatoms. The fourth-order valence-corrected chi connectivity index (χ4v) is 0.744. The molecule has 0 aromatic heterocycles. The fourth-order valence-electron chi connectivity index (χ4n) is 0.354. The maximum Gasteiger partial charge on any atom is 0.330 e.